The number of hydrogen-bond donors (Lipinski definition) is 1. The molecule has 1 aromatic carbocycles. The largest absolute Gasteiger partial charge is 0.384 e. The van der Waals surface area contributed by atoms with Crippen molar-refractivity contribution in [1.82, 2.24) is 4.98 Å². The lowest BCUT2D eigenvalue weighted by Gasteiger charge is -2.13. The zero-order valence-corrected chi connectivity index (χ0v) is 9.65. The molecule has 0 radical (unpaired) electrons. The summed E-state index contributed by atoms with van der Waals surface area (Å²) >= 11 is 5.89. The summed E-state index contributed by atoms with van der Waals surface area (Å²) in [6.45, 7) is 1.88. The standard InChI is InChI=1S/C13H12ClNO/c1-9-12(6-3-7-15-9)13(16)10-4-2-5-11(14)8-10/h2-8,13,16H,1H3. The van der Waals surface area contributed by atoms with Crippen molar-refractivity contribution in [2.45, 2.75) is 13.0 Å². The molecule has 0 fully saturated rings. The van der Waals surface area contributed by atoms with Crippen LogP contribution in [-0.2, 0) is 0 Å². The Bertz CT molecular complexity index is 499. The van der Waals surface area contributed by atoms with Crippen molar-refractivity contribution in [3.05, 3.63) is 64.4 Å². The van der Waals surface area contributed by atoms with E-state index in [4.69, 9.17) is 11.6 Å². The topological polar surface area (TPSA) is 33.1 Å². The van der Waals surface area contributed by atoms with E-state index in [-0.39, 0.29) is 0 Å². The zero-order chi connectivity index (χ0) is 11.5. The van der Waals surface area contributed by atoms with Gasteiger partial charge in [0.25, 0.3) is 0 Å². The number of hydrogen-bond acceptors (Lipinski definition) is 2. The molecule has 1 atom stereocenters. The molecular weight excluding hydrogens is 222 g/mol. The molecular formula is C13H12ClNO. The van der Waals surface area contributed by atoms with Gasteiger partial charge in [-0.05, 0) is 30.7 Å². The Morgan fingerprint density at radius 1 is 1.25 bits per heavy atom. The van der Waals surface area contributed by atoms with E-state index in [0.717, 1.165) is 16.8 Å². The molecule has 2 aromatic rings. The van der Waals surface area contributed by atoms with E-state index in [1.807, 2.05) is 31.2 Å². The van der Waals surface area contributed by atoms with Crippen molar-refractivity contribution in [2.75, 3.05) is 0 Å². The van der Waals surface area contributed by atoms with Crippen molar-refractivity contribution >= 4 is 11.6 Å². The van der Waals surface area contributed by atoms with Crippen LogP contribution in [0.15, 0.2) is 42.6 Å². The SMILES string of the molecule is Cc1ncccc1C(O)c1cccc(Cl)c1. The predicted molar refractivity (Wildman–Crippen MR) is 64.5 cm³/mol. The second kappa shape index (κ2) is 4.64. The Morgan fingerprint density at radius 2 is 2.06 bits per heavy atom. The Hall–Kier alpha value is -1.38. The molecule has 0 aliphatic rings. The van der Waals surface area contributed by atoms with Crippen molar-refractivity contribution in [3.8, 4) is 0 Å². The summed E-state index contributed by atoms with van der Waals surface area (Å²) < 4.78 is 0. The molecule has 0 saturated carbocycles. The highest BCUT2D eigenvalue weighted by Crippen LogP contribution is 2.25. The fourth-order valence-electron chi connectivity index (χ4n) is 1.64. The van der Waals surface area contributed by atoms with Crippen LogP contribution in [0.5, 0.6) is 0 Å². The second-order valence-electron chi connectivity index (χ2n) is 3.64. The van der Waals surface area contributed by atoms with E-state index < -0.39 is 6.10 Å². The minimum atomic E-state index is -0.674. The first-order valence-corrected chi connectivity index (χ1v) is 5.41. The van der Waals surface area contributed by atoms with Gasteiger partial charge in [0.2, 0.25) is 0 Å². The van der Waals surface area contributed by atoms with Crippen molar-refractivity contribution in [3.63, 3.8) is 0 Å². The molecule has 0 bridgehead atoms. The molecule has 1 aromatic heterocycles. The minimum Gasteiger partial charge on any atom is -0.384 e. The number of aryl methyl sites for hydroxylation is 1. The maximum Gasteiger partial charge on any atom is 0.106 e. The Kier molecular flexibility index (Phi) is 3.22. The van der Waals surface area contributed by atoms with Gasteiger partial charge in [0.1, 0.15) is 6.10 Å². The number of aromatic nitrogens is 1. The third-order valence-electron chi connectivity index (χ3n) is 2.51. The van der Waals surface area contributed by atoms with Gasteiger partial charge in [-0.1, -0.05) is 29.8 Å². The fourth-order valence-corrected chi connectivity index (χ4v) is 1.84. The molecule has 0 aliphatic carbocycles. The molecule has 1 N–H and O–H groups in total. The quantitative estimate of drug-likeness (QED) is 0.865. The van der Waals surface area contributed by atoms with E-state index in [2.05, 4.69) is 4.98 Å². The van der Waals surface area contributed by atoms with Crippen molar-refractivity contribution in [2.24, 2.45) is 0 Å². The van der Waals surface area contributed by atoms with Crippen LogP contribution in [0.1, 0.15) is 22.9 Å². The molecule has 1 heterocycles. The number of aliphatic hydroxyl groups excluding tert-OH is 1. The van der Waals surface area contributed by atoms with Gasteiger partial charge in [-0.2, -0.15) is 0 Å². The summed E-state index contributed by atoms with van der Waals surface area (Å²) in [5.41, 5.74) is 2.42. The average Bonchev–Trinajstić information content (AvgIpc) is 2.29. The lowest BCUT2D eigenvalue weighted by atomic mass is 10.0. The van der Waals surface area contributed by atoms with Gasteiger partial charge in [-0.25, -0.2) is 0 Å². The van der Waals surface area contributed by atoms with E-state index in [1.165, 1.54) is 0 Å². The highest BCUT2D eigenvalue weighted by molar-refractivity contribution is 6.30. The second-order valence-corrected chi connectivity index (χ2v) is 4.07. The molecule has 0 aliphatic heterocycles. The van der Waals surface area contributed by atoms with E-state index >= 15 is 0 Å². The lowest BCUT2D eigenvalue weighted by Crippen LogP contribution is -2.02. The van der Waals surface area contributed by atoms with Gasteiger partial charge in [-0.15, -0.1) is 0 Å². The van der Waals surface area contributed by atoms with Crippen molar-refractivity contribution in [1.29, 1.82) is 0 Å². The average molecular weight is 234 g/mol. The Labute approximate surface area is 99.5 Å². The third-order valence-corrected chi connectivity index (χ3v) is 2.74. The monoisotopic (exact) mass is 233 g/mol. The molecule has 2 nitrogen and oxygen atoms in total. The summed E-state index contributed by atoms with van der Waals surface area (Å²) in [6.07, 6.45) is 1.04. The highest BCUT2D eigenvalue weighted by Gasteiger charge is 2.13. The van der Waals surface area contributed by atoms with Gasteiger partial charge >= 0.3 is 0 Å². The maximum atomic E-state index is 10.2. The summed E-state index contributed by atoms with van der Waals surface area (Å²) in [5.74, 6) is 0. The maximum absolute atomic E-state index is 10.2. The lowest BCUT2D eigenvalue weighted by molar-refractivity contribution is 0.219. The number of rotatable bonds is 2. The molecule has 0 amide bonds. The van der Waals surface area contributed by atoms with E-state index in [0.29, 0.717) is 5.02 Å². The number of pyridine rings is 1. The minimum absolute atomic E-state index is 0.623. The van der Waals surface area contributed by atoms with Crippen LogP contribution >= 0.6 is 11.6 Å². The van der Waals surface area contributed by atoms with Crippen LogP contribution in [-0.4, -0.2) is 10.1 Å². The summed E-state index contributed by atoms with van der Waals surface area (Å²) in [7, 11) is 0. The van der Waals surface area contributed by atoms with Gasteiger partial charge < -0.3 is 5.11 Å². The van der Waals surface area contributed by atoms with Crippen LogP contribution < -0.4 is 0 Å². The summed E-state index contributed by atoms with van der Waals surface area (Å²) in [6, 6.07) is 10.9. The van der Waals surface area contributed by atoms with E-state index in [9.17, 15) is 5.11 Å². The Balaban J connectivity index is 2.39. The van der Waals surface area contributed by atoms with Crippen LogP contribution in [0.25, 0.3) is 0 Å². The van der Waals surface area contributed by atoms with Gasteiger partial charge in [0, 0.05) is 22.5 Å². The van der Waals surface area contributed by atoms with Gasteiger partial charge in [0.15, 0.2) is 0 Å². The van der Waals surface area contributed by atoms with Crippen LogP contribution in [0, 0.1) is 6.92 Å². The predicted octanol–water partition coefficient (Wildman–Crippen LogP) is 3.13. The molecule has 3 heteroatoms. The number of nitrogens with zero attached hydrogens (tertiary/aromatic N) is 1. The number of aliphatic hydroxyl groups is 1. The molecule has 16 heavy (non-hydrogen) atoms. The smallest absolute Gasteiger partial charge is 0.106 e. The summed E-state index contributed by atoms with van der Waals surface area (Å²) in [4.78, 5) is 4.16. The Morgan fingerprint density at radius 3 is 2.75 bits per heavy atom. The van der Waals surface area contributed by atoms with E-state index in [1.54, 1.807) is 18.3 Å². The first kappa shape index (κ1) is 11.1. The molecule has 82 valence electrons. The molecule has 0 spiro atoms. The van der Waals surface area contributed by atoms with Crippen LogP contribution in [0.4, 0.5) is 0 Å². The van der Waals surface area contributed by atoms with Gasteiger partial charge in [-0.3, -0.25) is 4.98 Å². The highest BCUT2D eigenvalue weighted by atomic mass is 35.5. The van der Waals surface area contributed by atoms with Crippen molar-refractivity contribution < 1.29 is 5.11 Å². The first-order valence-electron chi connectivity index (χ1n) is 5.03. The first-order chi connectivity index (χ1) is 7.68. The van der Waals surface area contributed by atoms with Gasteiger partial charge in [0.05, 0.1) is 0 Å². The molecule has 2 rings (SSSR count). The zero-order valence-electron chi connectivity index (χ0n) is 8.89. The number of benzene rings is 1. The summed E-state index contributed by atoms with van der Waals surface area (Å²) in [5, 5.41) is 10.8. The number of halogens is 1. The third kappa shape index (κ3) is 2.23. The normalized spacial score (nSPS) is 12.4. The van der Waals surface area contributed by atoms with Crippen LogP contribution in [0.3, 0.4) is 0 Å². The molecule has 0 saturated heterocycles. The van der Waals surface area contributed by atoms with Crippen LogP contribution in [0.2, 0.25) is 5.02 Å². The fraction of sp³-hybridized carbons (Fsp3) is 0.154. The molecule has 1 unspecified atom stereocenters.